The number of fused-ring (bicyclic) bond motifs is 8. The van der Waals surface area contributed by atoms with Gasteiger partial charge < -0.3 is 13.9 Å². The highest BCUT2D eigenvalue weighted by atomic mass is 28.4. The summed E-state index contributed by atoms with van der Waals surface area (Å²) in [5.74, 6) is 1.28. The van der Waals surface area contributed by atoms with Crippen molar-refractivity contribution in [2.45, 2.75) is 129 Å². The molecule has 0 aromatic carbocycles. The lowest BCUT2D eigenvalue weighted by atomic mass is 9.46. The van der Waals surface area contributed by atoms with E-state index in [0.29, 0.717) is 30.3 Å². The first kappa shape index (κ1) is 24.2. The van der Waals surface area contributed by atoms with Crippen LogP contribution in [0.1, 0.15) is 87.0 Å². The Labute approximate surface area is 202 Å². The molecule has 0 radical (unpaired) electrons. The molecule has 0 amide bonds. The van der Waals surface area contributed by atoms with Crippen LogP contribution in [0.25, 0.3) is 0 Å². The van der Waals surface area contributed by atoms with E-state index in [9.17, 15) is 4.79 Å². The van der Waals surface area contributed by atoms with E-state index in [0.717, 1.165) is 12.8 Å². The molecule has 8 atom stereocenters. The van der Waals surface area contributed by atoms with Gasteiger partial charge in [0.25, 0.3) is 0 Å². The van der Waals surface area contributed by atoms with Crippen LogP contribution in [0.15, 0.2) is 11.6 Å². The van der Waals surface area contributed by atoms with E-state index >= 15 is 0 Å². The highest BCUT2D eigenvalue weighted by Gasteiger charge is 2.67. The van der Waals surface area contributed by atoms with Gasteiger partial charge in [-0.1, -0.05) is 34.6 Å². The molecule has 1 heterocycles. The zero-order valence-electron chi connectivity index (χ0n) is 22.4. The van der Waals surface area contributed by atoms with Gasteiger partial charge in [-0.15, -0.1) is 0 Å². The van der Waals surface area contributed by atoms with Gasteiger partial charge in [-0.2, -0.15) is 0 Å². The van der Waals surface area contributed by atoms with Gasteiger partial charge in [-0.25, -0.2) is 0 Å². The van der Waals surface area contributed by atoms with Crippen molar-refractivity contribution in [2.75, 3.05) is 0 Å². The maximum atomic E-state index is 12.5. The van der Waals surface area contributed by atoms with E-state index in [-0.39, 0.29) is 33.9 Å². The average Bonchev–Trinajstić information content (AvgIpc) is 3.18. The van der Waals surface area contributed by atoms with Crippen LogP contribution in [0.4, 0.5) is 0 Å². The van der Waals surface area contributed by atoms with Gasteiger partial charge in [0.1, 0.15) is 6.10 Å². The molecule has 0 aromatic heterocycles. The van der Waals surface area contributed by atoms with Crippen LogP contribution in [-0.2, 0) is 18.7 Å². The summed E-state index contributed by atoms with van der Waals surface area (Å²) in [4.78, 5) is 12.5. The fourth-order valence-electron chi connectivity index (χ4n) is 8.13. The minimum absolute atomic E-state index is 0.0449. The summed E-state index contributed by atoms with van der Waals surface area (Å²) in [5.41, 5.74) is 1.47. The summed E-state index contributed by atoms with van der Waals surface area (Å²) >= 11 is 0. The Kier molecular flexibility index (Phi) is 5.33. The monoisotopic (exact) mass is 474 g/mol. The van der Waals surface area contributed by atoms with Crippen LogP contribution in [0.2, 0.25) is 18.1 Å². The first-order chi connectivity index (χ1) is 15.1. The average molecular weight is 475 g/mol. The standard InChI is InChI=1S/C28H46O4Si/c1-25(2,3)33(8,9)32-21-11-10-18-22-19(13-15-28(18,21)7)27(6)14-12-17(29)16-20(27)23-24(22)31-26(4,5)30-23/h16,18-19,21-24H,10-15H2,1-9H3/t18?,19?,21?,22?,23-,24-,27-,28+/m1/s1. The molecule has 0 bridgehead atoms. The molecule has 4 unspecified atom stereocenters. The number of rotatable bonds is 2. The molecule has 5 rings (SSSR count). The third-order valence-electron chi connectivity index (χ3n) is 11.0. The van der Waals surface area contributed by atoms with Gasteiger partial charge >= 0.3 is 0 Å². The predicted molar refractivity (Wildman–Crippen MR) is 133 cm³/mol. The lowest BCUT2D eigenvalue weighted by molar-refractivity contribution is -0.164. The second-order valence-corrected chi connectivity index (χ2v) is 19.0. The zero-order chi connectivity index (χ0) is 24.2. The maximum absolute atomic E-state index is 12.5. The number of carbonyl (C=O) groups is 1. The topological polar surface area (TPSA) is 44.8 Å². The normalized spacial score (nSPS) is 46.8. The molecule has 0 aromatic rings. The Hall–Kier alpha value is -0.493. The summed E-state index contributed by atoms with van der Waals surface area (Å²) in [6.07, 6.45) is 8.67. The van der Waals surface area contributed by atoms with E-state index in [2.05, 4.69) is 47.7 Å². The molecule has 3 saturated carbocycles. The van der Waals surface area contributed by atoms with Crippen LogP contribution in [0.3, 0.4) is 0 Å². The molecular formula is C28H46O4Si. The van der Waals surface area contributed by atoms with Crippen molar-refractivity contribution in [3.63, 3.8) is 0 Å². The van der Waals surface area contributed by atoms with Gasteiger partial charge in [0.2, 0.25) is 0 Å². The van der Waals surface area contributed by atoms with Crippen LogP contribution < -0.4 is 0 Å². The molecule has 4 aliphatic carbocycles. The van der Waals surface area contributed by atoms with Gasteiger partial charge in [0, 0.05) is 6.42 Å². The fourth-order valence-corrected chi connectivity index (χ4v) is 9.58. The molecule has 5 heteroatoms. The minimum Gasteiger partial charge on any atom is -0.413 e. The second-order valence-electron chi connectivity index (χ2n) is 14.3. The van der Waals surface area contributed by atoms with Crippen molar-refractivity contribution in [1.82, 2.24) is 0 Å². The molecule has 0 spiro atoms. The number of ether oxygens (including phenoxy) is 2. The minimum atomic E-state index is -1.84. The summed E-state index contributed by atoms with van der Waals surface area (Å²) in [5, 5.41) is 0.225. The SMILES string of the molecule is CC1(C)O[C@@H]2C3=CC(=O)CC[C@]3(C)C3CC[C@]4(C)C(O[Si](C)(C)C(C)(C)C)CCC4C3[C@H]2O1. The molecule has 5 aliphatic rings. The number of hydrogen-bond donors (Lipinski definition) is 0. The lowest BCUT2D eigenvalue weighted by Gasteiger charge is -2.60. The van der Waals surface area contributed by atoms with E-state index < -0.39 is 14.1 Å². The Morgan fingerprint density at radius 2 is 1.70 bits per heavy atom. The molecule has 186 valence electrons. The molecule has 1 aliphatic heterocycles. The van der Waals surface area contributed by atoms with Crippen molar-refractivity contribution in [2.24, 2.45) is 28.6 Å². The van der Waals surface area contributed by atoms with E-state index in [1.54, 1.807) is 0 Å². The lowest BCUT2D eigenvalue weighted by Crippen LogP contribution is -2.60. The van der Waals surface area contributed by atoms with Gasteiger partial charge in [0.15, 0.2) is 19.9 Å². The van der Waals surface area contributed by atoms with E-state index in [1.807, 2.05) is 19.9 Å². The third-order valence-corrected chi connectivity index (χ3v) is 15.5. The van der Waals surface area contributed by atoms with Gasteiger partial charge in [0.05, 0.1) is 12.2 Å². The Morgan fingerprint density at radius 3 is 2.36 bits per heavy atom. The van der Waals surface area contributed by atoms with Gasteiger partial charge in [-0.05, 0) is 104 Å². The molecule has 4 nitrogen and oxygen atoms in total. The zero-order valence-corrected chi connectivity index (χ0v) is 23.4. The molecular weight excluding hydrogens is 428 g/mol. The Bertz CT molecular complexity index is 870. The van der Waals surface area contributed by atoms with Crippen molar-refractivity contribution in [1.29, 1.82) is 0 Å². The van der Waals surface area contributed by atoms with Crippen LogP contribution >= 0.6 is 0 Å². The number of carbonyl (C=O) groups excluding carboxylic acids is 1. The number of ketones is 1. The summed E-state index contributed by atoms with van der Waals surface area (Å²) < 4.78 is 20.4. The molecule has 33 heavy (non-hydrogen) atoms. The second kappa shape index (κ2) is 7.27. The molecule has 4 fully saturated rings. The van der Waals surface area contributed by atoms with Crippen molar-refractivity contribution < 1.29 is 18.7 Å². The molecule has 1 saturated heterocycles. The highest BCUT2D eigenvalue weighted by Crippen LogP contribution is 2.68. The Morgan fingerprint density at radius 1 is 1.00 bits per heavy atom. The molecule has 0 N–H and O–H groups in total. The summed E-state index contributed by atoms with van der Waals surface area (Å²) in [7, 11) is -1.84. The van der Waals surface area contributed by atoms with Crippen molar-refractivity contribution in [3.8, 4) is 0 Å². The third kappa shape index (κ3) is 3.50. The predicted octanol–water partition coefficient (Wildman–Crippen LogP) is 6.65. The summed E-state index contributed by atoms with van der Waals surface area (Å²) in [6.45, 7) is 20.9. The van der Waals surface area contributed by atoms with Gasteiger partial charge in [-0.3, -0.25) is 4.79 Å². The first-order valence-corrected chi connectivity index (χ1v) is 16.3. The Balaban J connectivity index is 1.52. The quantitative estimate of drug-likeness (QED) is 0.420. The number of hydrogen-bond acceptors (Lipinski definition) is 4. The highest BCUT2D eigenvalue weighted by molar-refractivity contribution is 6.74. The fraction of sp³-hybridized carbons (Fsp3) is 0.893. The van der Waals surface area contributed by atoms with E-state index in [1.165, 1.54) is 24.8 Å². The van der Waals surface area contributed by atoms with Crippen LogP contribution in [-0.4, -0.2) is 38.2 Å². The maximum Gasteiger partial charge on any atom is 0.192 e. The van der Waals surface area contributed by atoms with Crippen molar-refractivity contribution >= 4 is 14.1 Å². The van der Waals surface area contributed by atoms with Crippen LogP contribution in [0.5, 0.6) is 0 Å². The largest absolute Gasteiger partial charge is 0.413 e. The summed E-state index contributed by atoms with van der Waals surface area (Å²) in [6, 6.07) is 0. The smallest absolute Gasteiger partial charge is 0.192 e. The van der Waals surface area contributed by atoms with Crippen LogP contribution in [0, 0.1) is 28.6 Å². The van der Waals surface area contributed by atoms with Crippen molar-refractivity contribution in [3.05, 3.63) is 11.6 Å². The van der Waals surface area contributed by atoms with E-state index in [4.69, 9.17) is 13.9 Å². The first-order valence-electron chi connectivity index (χ1n) is 13.4.